The highest BCUT2D eigenvalue weighted by molar-refractivity contribution is 5.83. The molecule has 0 unspecified atom stereocenters. The van der Waals surface area contributed by atoms with Crippen molar-refractivity contribution in [1.29, 1.82) is 0 Å². The summed E-state index contributed by atoms with van der Waals surface area (Å²) < 4.78 is 7.88. The average molecular weight is 266 g/mol. The van der Waals surface area contributed by atoms with E-state index in [0.717, 1.165) is 40.4 Å². The number of nitrogens with one attached hydrogen (secondary N) is 1. The van der Waals surface area contributed by atoms with Crippen molar-refractivity contribution >= 4 is 16.7 Å². The van der Waals surface area contributed by atoms with Crippen molar-refractivity contribution < 1.29 is 4.74 Å². The maximum atomic E-state index is 5.83. The Bertz CT molecular complexity index is 794. The number of fused-ring (bicyclic) bond motifs is 2. The third-order valence-corrected chi connectivity index (χ3v) is 3.60. The summed E-state index contributed by atoms with van der Waals surface area (Å²) >= 11 is 0. The molecular formula is C15H14N4O. The predicted octanol–water partition coefficient (Wildman–Crippen LogP) is 2.44. The summed E-state index contributed by atoms with van der Waals surface area (Å²) in [6.45, 7) is 1.51. The number of nitrogens with zero attached hydrogens (tertiary/aromatic N) is 3. The van der Waals surface area contributed by atoms with Gasteiger partial charge in [0.05, 0.1) is 28.5 Å². The SMILES string of the molecule is Cn1c(-c2cccc3c2OCCN3)nc2ccncc21. The van der Waals surface area contributed by atoms with Crippen LogP contribution in [0.3, 0.4) is 0 Å². The molecule has 2 aromatic heterocycles. The lowest BCUT2D eigenvalue weighted by atomic mass is 10.1. The number of aryl methyl sites for hydroxylation is 1. The molecular weight excluding hydrogens is 252 g/mol. The number of hydrogen-bond donors (Lipinski definition) is 1. The molecule has 5 heteroatoms. The zero-order chi connectivity index (χ0) is 13.5. The Labute approximate surface area is 116 Å². The zero-order valence-corrected chi connectivity index (χ0v) is 11.1. The Hall–Kier alpha value is -2.56. The highest BCUT2D eigenvalue weighted by Crippen LogP contribution is 2.38. The minimum Gasteiger partial charge on any atom is -0.489 e. The first-order valence-electron chi connectivity index (χ1n) is 6.61. The van der Waals surface area contributed by atoms with Gasteiger partial charge in [-0.2, -0.15) is 0 Å². The van der Waals surface area contributed by atoms with Crippen LogP contribution in [0.4, 0.5) is 5.69 Å². The van der Waals surface area contributed by atoms with E-state index in [9.17, 15) is 0 Å². The molecule has 3 heterocycles. The first-order valence-corrected chi connectivity index (χ1v) is 6.61. The molecule has 5 nitrogen and oxygen atoms in total. The largest absolute Gasteiger partial charge is 0.489 e. The number of para-hydroxylation sites is 1. The lowest BCUT2D eigenvalue weighted by Gasteiger charge is -2.21. The Morgan fingerprint density at radius 3 is 3.15 bits per heavy atom. The van der Waals surface area contributed by atoms with E-state index < -0.39 is 0 Å². The van der Waals surface area contributed by atoms with Crippen molar-refractivity contribution in [2.24, 2.45) is 7.05 Å². The molecule has 0 atom stereocenters. The Morgan fingerprint density at radius 1 is 1.30 bits per heavy atom. The third-order valence-electron chi connectivity index (χ3n) is 3.60. The summed E-state index contributed by atoms with van der Waals surface area (Å²) in [6.07, 6.45) is 3.60. The number of ether oxygens (including phenoxy) is 1. The quantitative estimate of drug-likeness (QED) is 0.735. The average Bonchev–Trinajstić information content (AvgIpc) is 2.84. The molecule has 0 saturated carbocycles. The van der Waals surface area contributed by atoms with Crippen LogP contribution in [0.25, 0.3) is 22.4 Å². The van der Waals surface area contributed by atoms with Gasteiger partial charge in [-0.3, -0.25) is 4.98 Å². The number of anilines is 1. The fraction of sp³-hybridized carbons (Fsp3) is 0.200. The van der Waals surface area contributed by atoms with Crippen molar-refractivity contribution in [3.8, 4) is 17.1 Å². The van der Waals surface area contributed by atoms with Gasteiger partial charge in [0.1, 0.15) is 12.4 Å². The molecule has 0 saturated heterocycles. The topological polar surface area (TPSA) is 52.0 Å². The number of hydrogen-bond acceptors (Lipinski definition) is 4. The van der Waals surface area contributed by atoms with E-state index in [1.807, 2.05) is 37.5 Å². The van der Waals surface area contributed by atoms with E-state index in [1.54, 1.807) is 6.20 Å². The predicted molar refractivity (Wildman–Crippen MR) is 77.9 cm³/mol. The normalized spacial score (nSPS) is 13.7. The Balaban J connectivity index is 1.98. The zero-order valence-electron chi connectivity index (χ0n) is 11.1. The second-order valence-electron chi connectivity index (χ2n) is 4.82. The van der Waals surface area contributed by atoms with Crippen LogP contribution < -0.4 is 10.1 Å². The van der Waals surface area contributed by atoms with Gasteiger partial charge in [-0.15, -0.1) is 0 Å². The van der Waals surface area contributed by atoms with Crippen molar-refractivity contribution in [3.05, 3.63) is 36.7 Å². The standard InChI is InChI=1S/C15H14N4O/c1-19-13-9-16-6-5-11(13)18-15(19)10-3-2-4-12-14(10)20-8-7-17-12/h2-6,9,17H,7-8H2,1H3. The van der Waals surface area contributed by atoms with Crippen LogP contribution in [-0.4, -0.2) is 27.7 Å². The van der Waals surface area contributed by atoms with Gasteiger partial charge in [-0.25, -0.2) is 4.98 Å². The minimum atomic E-state index is 0.676. The molecule has 0 amide bonds. The van der Waals surface area contributed by atoms with Gasteiger partial charge in [-0.1, -0.05) is 6.07 Å². The van der Waals surface area contributed by atoms with Crippen molar-refractivity contribution in [1.82, 2.24) is 14.5 Å². The maximum absolute atomic E-state index is 5.83. The van der Waals surface area contributed by atoms with E-state index in [-0.39, 0.29) is 0 Å². The number of aromatic nitrogens is 3. The van der Waals surface area contributed by atoms with E-state index in [1.165, 1.54) is 0 Å². The van der Waals surface area contributed by atoms with Crippen molar-refractivity contribution in [2.75, 3.05) is 18.5 Å². The first kappa shape index (κ1) is 11.3. The third kappa shape index (κ3) is 1.56. The van der Waals surface area contributed by atoms with Gasteiger partial charge in [0.25, 0.3) is 0 Å². The monoisotopic (exact) mass is 266 g/mol. The van der Waals surface area contributed by atoms with Crippen LogP contribution in [0.2, 0.25) is 0 Å². The molecule has 1 N–H and O–H groups in total. The van der Waals surface area contributed by atoms with E-state index in [2.05, 4.69) is 14.9 Å². The number of benzene rings is 1. The molecule has 4 rings (SSSR count). The van der Waals surface area contributed by atoms with Crippen LogP contribution in [0.15, 0.2) is 36.7 Å². The van der Waals surface area contributed by atoms with Crippen LogP contribution >= 0.6 is 0 Å². The molecule has 1 aliphatic rings. The van der Waals surface area contributed by atoms with Gasteiger partial charge >= 0.3 is 0 Å². The molecule has 1 aliphatic heterocycles. The number of pyridine rings is 1. The maximum Gasteiger partial charge on any atom is 0.153 e. The molecule has 0 radical (unpaired) electrons. The second-order valence-corrected chi connectivity index (χ2v) is 4.82. The van der Waals surface area contributed by atoms with Gasteiger partial charge in [0.15, 0.2) is 5.75 Å². The molecule has 100 valence electrons. The molecule has 3 aromatic rings. The van der Waals surface area contributed by atoms with Crippen molar-refractivity contribution in [3.63, 3.8) is 0 Å². The van der Waals surface area contributed by atoms with Crippen molar-refractivity contribution in [2.45, 2.75) is 0 Å². The number of imidazole rings is 1. The lowest BCUT2D eigenvalue weighted by Crippen LogP contribution is -2.18. The van der Waals surface area contributed by atoms with Crippen LogP contribution in [0, 0.1) is 0 Å². The fourth-order valence-corrected chi connectivity index (χ4v) is 2.62. The Kier molecular flexibility index (Phi) is 2.39. The summed E-state index contributed by atoms with van der Waals surface area (Å²) in [6, 6.07) is 8.02. The smallest absolute Gasteiger partial charge is 0.153 e. The second kappa shape index (κ2) is 4.23. The van der Waals surface area contributed by atoms with Crippen LogP contribution in [0.1, 0.15) is 0 Å². The van der Waals surface area contributed by atoms with Gasteiger partial charge in [-0.05, 0) is 18.2 Å². The fourth-order valence-electron chi connectivity index (χ4n) is 2.62. The lowest BCUT2D eigenvalue weighted by molar-refractivity contribution is 0.324. The van der Waals surface area contributed by atoms with Gasteiger partial charge < -0.3 is 14.6 Å². The van der Waals surface area contributed by atoms with Gasteiger partial charge in [0.2, 0.25) is 0 Å². The highest BCUT2D eigenvalue weighted by Gasteiger charge is 2.19. The molecule has 0 spiro atoms. The van der Waals surface area contributed by atoms with E-state index in [0.29, 0.717) is 6.61 Å². The summed E-state index contributed by atoms with van der Waals surface area (Å²) in [5.41, 5.74) is 4.00. The summed E-state index contributed by atoms with van der Waals surface area (Å²) in [7, 11) is 2.00. The number of rotatable bonds is 1. The van der Waals surface area contributed by atoms with E-state index in [4.69, 9.17) is 9.72 Å². The molecule has 0 fully saturated rings. The van der Waals surface area contributed by atoms with Crippen LogP contribution in [0.5, 0.6) is 5.75 Å². The van der Waals surface area contributed by atoms with Gasteiger partial charge in [0, 0.05) is 19.8 Å². The van der Waals surface area contributed by atoms with E-state index >= 15 is 0 Å². The molecule has 0 bridgehead atoms. The molecule has 1 aromatic carbocycles. The first-order chi connectivity index (χ1) is 9.84. The summed E-state index contributed by atoms with van der Waals surface area (Å²) in [5.74, 6) is 1.78. The van der Waals surface area contributed by atoms with Crippen LogP contribution in [-0.2, 0) is 7.05 Å². The molecule has 0 aliphatic carbocycles. The minimum absolute atomic E-state index is 0.676. The summed E-state index contributed by atoms with van der Waals surface area (Å²) in [5, 5.41) is 3.35. The Morgan fingerprint density at radius 2 is 2.25 bits per heavy atom. The summed E-state index contributed by atoms with van der Waals surface area (Å²) in [4.78, 5) is 8.87. The molecule has 20 heavy (non-hydrogen) atoms. The highest BCUT2D eigenvalue weighted by atomic mass is 16.5.